The van der Waals surface area contributed by atoms with E-state index in [1.807, 2.05) is 60.7 Å². The number of fused-ring (bicyclic) bond motifs is 1. The molecule has 0 bridgehead atoms. The molecule has 0 atom stereocenters. The van der Waals surface area contributed by atoms with E-state index in [0.29, 0.717) is 0 Å². The van der Waals surface area contributed by atoms with Crippen LogP contribution >= 0.6 is 0 Å². The van der Waals surface area contributed by atoms with Crippen molar-refractivity contribution in [2.75, 3.05) is 5.32 Å². The van der Waals surface area contributed by atoms with Crippen LogP contribution in [-0.2, 0) is 0 Å². The maximum Gasteiger partial charge on any atom is 0.139 e. The number of nitrogens with one attached hydrogen (secondary N) is 1. The van der Waals surface area contributed by atoms with Crippen molar-refractivity contribution in [3.8, 4) is 5.75 Å². The van der Waals surface area contributed by atoms with Crippen LogP contribution in [-0.4, -0.2) is 5.11 Å². The molecular formula is C16H13NO. The Hall–Kier alpha value is -2.48. The fourth-order valence-electron chi connectivity index (χ4n) is 2.06. The van der Waals surface area contributed by atoms with Gasteiger partial charge in [0.2, 0.25) is 0 Å². The molecule has 18 heavy (non-hydrogen) atoms. The summed E-state index contributed by atoms with van der Waals surface area (Å²) in [6.45, 7) is 0. The Balaban J connectivity index is 2.13. The van der Waals surface area contributed by atoms with Crippen LogP contribution in [0.3, 0.4) is 0 Å². The van der Waals surface area contributed by atoms with Crippen molar-refractivity contribution in [1.29, 1.82) is 0 Å². The number of para-hydroxylation sites is 1. The van der Waals surface area contributed by atoms with Gasteiger partial charge < -0.3 is 10.4 Å². The molecule has 3 aromatic rings. The molecule has 88 valence electrons. The van der Waals surface area contributed by atoms with E-state index in [2.05, 4.69) is 5.32 Å². The van der Waals surface area contributed by atoms with E-state index >= 15 is 0 Å². The smallest absolute Gasteiger partial charge is 0.139 e. The fraction of sp³-hybridized carbons (Fsp3) is 0. The lowest BCUT2D eigenvalue weighted by Gasteiger charge is -2.11. The normalized spacial score (nSPS) is 10.4. The summed E-state index contributed by atoms with van der Waals surface area (Å²) >= 11 is 0. The summed E-state index contributed by atoms with van der Waals surface area (Å²) in [5, 5.41) is 15.4. The highest BCUT2D eigenvalue weighted by atomic mass is 16.3. The average molecular weight is 235 g/mol. The Kier molecular flexibility index (Phi) is 2.61. The van der Waals surface area contributed by atoms with Gasteiger partial charge in [-0.1, -0.05) is 48.5 Å². The number of aromatic hydroxyl groups is 1. The average Bonchev–Trinajstić information content (AvgIpc) is 2.43. The van der Waals surface area contributed by atoms with Crippen LogP contribution < -0.4 is 5.32 Å². The quantitative estimate of drug-likeness (QED) is 0.649. The third-order valence-corrected chi connectivity index (χ3v) is 2.95. The minimum atomic E-state index is 0.262. The molecule has 2 nitrogen and oxygen atoms in total. The molecule has 3 aromatic carbocycles. The van der Waals surface area contributed by atoms with Crippen LogP contribution in [0.5, 0.6) is 5.75 Å². The second kappa shape index (κ2) is 4.41. The summed E-state index contributed by atoms with van der Waals surface area (Å²) in [6, 6.07) is 21.5. The van der Waals surface area contributed by atoms with Crippen LogP contribution in [0, 0.1) is 0 Å². The number of phenolic OH excluding ortho intramolecular Hbond substituents is 1. The van der Waals surface area contributed by atoms with Crippen molar-refractivity contribution in [2.45, 2.75) is 0 Å². The van der Waals surface area contributed by atoms with E-state index in [1.54, 1.807) is 6.07 Å². The predicted molar refractivity (Wildman–Crippen MR) is 75.3 cm³/mol. The largest absolute Gasteiger partial charge is 0.506 e. The molecule has 0 radical (unpaired) electrons. The predicted octanol–water partition coefficient (Wildman–Crippen LogP) is 4.29. The first kappa shape index (κ1) is 10.7. The standard InChI is InChI=1S/C16H13NO/c18-15-11-10-12-6-4-5-9-14(12)16(15)17-13-7-2-1-3-8-13/h1-11,17-18H. The van der Waals surface area contributed by atoms with E-state index in [9.17, 15) is 5.11 Å². The van der Waals surface area contributed by atoms with E-state index in [4.69, 9.17) is 0 Å². The summed E-state index contributed by atoms with van der Waals surface area (Å²) in [4.78, 5) is 0. The molecule has 2 heteroatoms. The Morgan fingerprint density at radius 3 is 2.28 bits per heavy atom. The van der Waals surface area contributed by atoms with Gasteiger partial charge in [0.1, 0.15) is 5.75 Å². The first-order chi connectivity index (χ1) is 8.84. The molecule has 0 fully saturated rings. The zero-order valence-corrected chi connectivity index (χ0v) is 9.80. The van der Waals surface area contributed by atoms with E-state index in [-0.39, 0.29) is 5.75 Å². The zero-order valence-electron chi connectivity index (χ0n) is 9.80. The van der Waals surface area contributed by atoms with Crippen LogP contribution in [0.4, 0.5) is 11.4 Å². The SMILES string of the molecule is Oc1ccc2ccccc2c1Nc1ccccc1. The molecule has 0 saturated heterocycles. The van der Waals surface area contributed by atoms with Crippen molar-refractivity contribution in [3.63, 3.8) is 0 Å². The Morgan fingerprint density at radius 2 is 1.44 bits per heavy atom. The third-order valence-electron chi connectivity index (χ3n) is 2.95. The summed E-state index contributed by atoms with van der Waals surface area (Å²) in [6.07, 6.45) is 0. The monoisotopic (exact) mass is 235 g/mol. The number of phenols is 1. The Labute approximate surface area is 106 Å². The molecule has 2 N–H and O–H groups in total. The summed E-state index contributed by atoms with van der Waals surface area (Å²) in [7, 11) is 0. The van der Waals surface area contributed by atoms with Gasteiger partial charge in [-0.3, -0.25) is 0 Å². The van der Waals surface area contributed by atoms with Gasteiger partial charge in [0.15, 0.2) is 0 Å². The highest BCUT2D eigenvalue weighted by molar-refractivity contribution is 5.98. The van der Waals surface area contributed by atoms with Gasteiger partial charge in [-0.05, 0) is 23.6 Å². The van der Waals surface area contributed by atoms with Crippen molar-refractivity contribution in [2.24, 2.45) is 0 Å². The van der Waals surface area contributed by atoms with Crippen molar-refractivity contribution in [1.82, 2.24) is 0 Å². The first-order valence-corrected chi connectivity index (χ1v) is 5.87. The van der Waals surface area contributed by atoms with Crippen LogP contribution in [0.15, 0.2) is 66.7 Å². The number of hydrogen-bond donors (Lipinski definition) is 2. The molecule has 0 aliphatic heterocycles. The molecule has 0 aliphatic rings. The first-order valence-electron chi connectivity index (χ1n) is 5.87. The highest BCUT2D eigenvalue weighted by Gasteiger charge is 2.06. The van der Waals surface area contributed by atoms with Crippen molar-refractivity contribution in [3.05, 3.63) is 66.7 Å². The molecule has 0 heterocycles. The van der Waals surface area contributed by atoms with Crippen LogP contribution in [0.1, 0.15) is 0 Å². The topological polar surface area (TPSA) is 32.3 Å². The molecule has 0 spiro atoms. The molecule has 0 saturated carbocycles. The number of hydrogen-bond acceptors (Lipinski definition) is 2. The minimum Gasteiger partial charge on any atom is -0.506 e. The number of benzene rings is 3. The lowest BCUT2D eigenvalue weighted by molar-refractivity contribution is 0.478. The molecular weight excluding hydrogens is 222 g/mol. The molecule has 0 unspecified atom stereocenters. The number of anilines is 2. The molecule has 3 rings (SSSR count). The van der Waals surface area contributed by atoms with E-state index in [1.165, 1.54) is 0 Å². The maximum absolute atomic E-state index is 10.0. The lowest BCUT2D eigenvalue weighted by atomic mass is 10.1. The Bertz CT molecular complexity index is 677. The van der Waals surface area contributed by atoms with Gasteiger partial charge >= 0.3 is 0 Å². The van der Waals surface area contributed by atoms with E-state index < -0.39 is 0 Å². The molecule has 0 aliphatic carbocycles. The van der Waals surface area contributed by atoms with Crippen molar-refractivity contribution < 1.29 is 5.11 Å². The second-order valence-electron chi connectivity index (χ2n) is 4.17. The summed E-state index contributed by atoms with van der Waals surface area (Å²) < 4.78 is 0. The fourth-order valence-corrected chi connectivity index (χ4v) is 2.06. The summed E-state index contributed by atoms with van der Waals surface area (Å²) in [5.74, 6) is 0.262. The van der Waals surface area contributed by atoms with Crippen LogP contribution in [0.25, 0.3) is 10.8 Å². The van der Waals surface area contributed by atoms with Gasteiger partial charge in [0.25, 0.3) is 0 Å². The van der Waals surface area contributed by atoms with Gasteiger partial charge in [-0.2, -0.15) is 0 Å². The molecule has 0 amide bonds. The van der Waals surface area contributed by atoms with E-state index in [0.717, 1.165) is 22.1 Å². The Morgan fingerprint density at radius 1 is 0.722 bits per heavy atom. The second-order valence-corrected chi connectivity index (χ2v) is 4.17. The number of rotatable bonds is 2. The molecule has 0 aromatic heterocycles. The summed E-state index contributed by atoms with van der Waals surface area (Å²) in [5.41, 5.74) is 1.71. The van der Waals surface area contributed by atoms with Crippen LogP contribution in [0.2, 0.25) is 0 Å². The highest BCUT2D eigenvalue weighted by Crippen LogP contribution is 2.34. The van der Waals surface area contributed by atoms with Gasteiger partial charge in [-0.15, -0.1) is 0 Å². The maximum atomic E-state index is 10.0. The lowest BCUT2D eigenvalue weighted by Crippen LogP contribution is -1.91. The minimum absolute atomic E-state index is 0.262. The van der Waals surface area contributed by atoms with Crippen molar-refractivity contribution >= 4 is 22.1 Å². The third kappa shape index (κ3) is 1.89. The van der Waals surface area contributed by atoms with Gasteiger partial charge in [0.05, 0.1) is 5.69 Å². The zero-order chi connectivity index (χ0) is 12.4. The van der Waals surface area contributed by atoms with Gasteiger partial charge in [0, 0.05) is 11.1 Å². The van der Waals surface area contributed by atoms with Gasteiger partial charge in [-0.25, -0.2) is 0 Å².